The fourth-order valence-corrected chi connectivity index (χ4v) is 5.13. The van der Waals surface area contributed by atoms with Crippen LogP contribution in [0.15, 0.2) is 18.2 Å². The Kier molecular flexibility index (Phi) is 3.71. The Balaban J connectivity index is 1.77. The summed E-state index contributed by atoms with van der Waals surface area (Å²) in [4.78, 5) is 16.5. The van der Waals surface area contributed by atoms with Gasteiger partial charge in [-0.2, -0.15) is 0 Å². The first-order valence-corrected chi connectivity index (χ1v) is 9.51. The minimum Gasteiger partial charge on any atom is -0.302 e. The van der Waals surface area contributed by atoms with Crippen LogP contribution < -0.4 is 5.32 Å². The third kappa shape index (κ3) is 3.08. The molecule has 2 heterocycles. The second-order valence-corrected chi connectivity index (χ2v) is 8.52. The molecule has 0 radical (unpaired) electrons. The maximum Gasteiger partial charge on any atom is 0.230 e. The molecule has 2 aromatic rings. The largest absolute Gasteiger partial charge is 0.302 e. The summed E-state index contributed by atoms with van der Waals surface area (Å²) in [7, 11) is -3.04. The number of rotatable bonds is 3. The number of nitrogens with zero attached hydrogens (tertiary/aromatic N) is 1. The number of anilines is 1. The van der Waals surface area contributed by atoms with Crippen LogP contribution in [0.2, 0.25) is 0 Å². The van der Waals surface area contributed by atoms with Crippen molar-refractivity contribution < 1.29 is 13.2 Å². The van der Waals surface area contributed by atoms with Gasteiger partial charge in [0.1, 0.15) is 0 Å². The van der Waals surface area contributed by atoms with E-state index in [-0.39, 0.29) is 17.4 Å². The smallest absolute Gasteiger partial charge is 0.230 e. The SMILES string of the molecule is CCc1ccc2nc(NC(=O)[C@@H]3CCS(=O)(=O)C3)sc2c1. The highest BCUT2D eigenvalue weighted by atomic mass is 32.2. The Bertz CT molecular complexity index is 796. The van der Waals surface area contributed by atoms with Crippen molar-refractivity contribution >= 4 is 42.4 Å². The summed E-state index contributed by atoms with van der Waals surface area (Å²) in [6, 6.07) is 6.04. The minimum absolute atomic E-state index is 0.0519. The van der Waals surface area contributed by atoms with E-state index in [9.17, 15) is 13.2 Å². The van der Waals surface area contributed by atoms with Crippen molar-refractivity contribution in [1.29, 1.82) is 0 Å². The topological polar surface area (TPSA) is 76.1 Å². The van der Waals surface area contributed by atoms with Crippen LogP contribution in [-0.4, -0.2) is 30.8 Å². The number of hydrogen-bond donors (Lipinski definition) is 1. The molecule has 5 nitrogen and oxygen atoms in total. The summed E-state index contributed by atoms with van der Waals surface area (Å²) >= 11 is 1.42. The summed E-state index contributed by atoms with van der Waals surface area (Å²) in [5.41, 5.74) is 2.08. The molecule has 1 aromatic carbocycles. The molecule has 1 saturated heterocycles. The zero-order chi connectivity index (χ0) is 15.0. The average molecular weight is 324 g/mol. The number of hydrogen-bond acceptors (Lipinski definition) is 5. The Morgan fingerprint density at radius 2 is 2.29 bits per heavy atom. The molecule has 1 amide bonds. The van der Waals surface area contributed by atoms with Crippen LogP contribution in [0.3, 0.4) is 0 Å². The van der Waals surface area contributed by atoms with Crippen LogP contribution in [0.25, 0.3) is 10.2 Å². The van der Waals surface area contributed by atoms with E-state index >= 15 is 0 Å². The number of aryl methyl sites for hydroxylation is 1. The van der Waals surface area contributed by atoms with Gasteiger partial charge in [-0.3, -0.25) is 4.79 Å². The van der Waals surface area contributed by atoms with E-state index in [1.165, 1.54) is 16.9 Å². The van der Waals surface area contributed by atoms with E-state index < -0.39 is 15.8 Å². The summed E-state index contributed by atoms with van der Waals surface area (Å²) in [6.07, 6.45) is 1.36. The number of nitrogens with one attached hydrogen (secondary N) is 1. The quantitative estimate of drug-likeness (QED) is 0.939. The van der Waals surface area contributed by atoms with Crippen molar-refractivity contribution in [2.75, 3.05) is 16.8 Å². The predicted octanol–water partition coefficient (Wildman–Crippen LogP) is 2.23. The zero-order valence-electron chi connectivity index (χ0n) is 11.6. The van der Waals surface area contributed by atoms with Crippen LogP contribution in [0.5, 0.6) is 0 Å². The number of aromatic nitrogens is 1. The van der Waals surface area contributed by atoms with Crippen LogP contribution in [0.1, 0.15) is 18.9 Å². The van der Waals surface area contributed by atoms with Gasteiger partial charge in [0.05, 0.1) is 27.6 Å². The Morgan fingerprint density at radius 1 is 1.48 bits per heavy atom. The van der Waals surface area contributed by atoms with Gasteiger partial charge in [0, 0.05) is 0 Å². The highest BCUT2D eigenvalue weighted by molar-refractivity contribution is 7.91. The summed E-state index contributed by atoms with van der Waals surface area (Å²) in [5, 5.41) is 3.29. The van der Waals surface area contributed by atoms with Crippen molar-refractivity contribution in [2.45, 2.75) is 19.8 Å². The van der Waals surface area contributed by atoms with Gasteiger partial charge in [-0.25, -0.2) is 13.4 Å². The molecular weight excluding hydrogens is 308 g/mol. The molecule has 1 N–H and O–H groups in total. The number of carbonyl (C=O) groups excluding carboxylic acids is 1. The Hall–Kier alpha value is -1.47. The number of amides is 1. The van der Waals surface area contributed by atoms with Crippen LogP contribution >= 0.6 is 11.3 Å². The molecule has 21 heavy (non-hydrogen) atoms. The van der Waals surface area contributed by atoms with Gasteiger partial charge in [-0.15, -0.1) is 0 Å². The molecule has 1 aromatic heterocycles. The van der Waals surface area contributed by atoms with Gasteiger partial charge in [0.15, 0.2) is 15.0 Å². The van der Waals surface area contributed by atoms with Gasteiger partial charge in [0.25, 0.3) is 0 Å². The standard InChI is InChI=1S/C14H16N2O3S2/c1-2-9-3-4-11-12(7-9)20-14(15-11)16-13(17)10-5-6-21(18,19)8-10/h3-4,7,10H,2,5-6,8H2,1H3,(H,15,16,17)/t10-/m1/s1. The van der Waals surface area contributed by atoms with E-state index in [1.807, 2.05) is 12.1 Å². The highest BCUT2D eigenvalue weighted by Crippen LogP contribution is 2.28. The van der Waals surface area contributed by atoms with Crippen LogP contribution in [0.4, 0.5) is 5.13 Å². The molecule has 1 aliphatic rings. The summed E-state index contributed by atoms with van der Waals surface area (Å²) < 4.78 is 23.9. The minimum atomic E-state index is -3.04. The molecule has 1 aliphatic heterocycles. The highest BCUT2D eigenvalue weighted by Gasteiger charge is 2.33. The third-order valence-corrected chi connectivity index (χ3v) is 6.40. The van der Waals surface area contributed by atoms with E-state index in [2.05, 4.69) is 23.3 Å². The van der Waals surface area contributed by atoms with Gasteiger partial charge in [-0.1, -0.05) is 24.3 Å². The van der Waals surface area contributed by atoms with Gasteiger partial charge < -0.3 is 5.32 Å². The number of benzene rings is 1. The predicted molar refractivity (Wildman–Crippen MR) is 84.4 cm³/mol. The zero-order valence-corrected chi connectivity index (χ0v) is 13.3. The second kappa shape index (κ2) is 5.38. The third-order valence-electron chi connectivity index (χ3n) is 3.69. The summed E-state index contributed by atoms with van der Waals surface area (Å²) in [5.74, 6) is -0.645. The molecule has 0 unspecified atom stereocenters. The van der Waals surface area contributed by atoms with Crippen molar-refractivity contribution in [3.05, 3.63) is 23.8 Å². The molecule has 1 atom stereocenters. The fraction of sp³-hybridized carbons (Fsp3) is 0.429. The molecule has 0 aliphatic carbocycles. The summed E-state index contributed by atoms with van der Waals surface area (Å²) in [6.45, 7) is 2.09. The van der Waals surface area contributed by atoms with E-state index in [0.29, 0.717) is 11.6 Å². The van der Waals surface area contributed by atoms with Gasteiger partial charge in [0.2, 0.25) is 5.91 Å². The molecule has 0 bridgehead atoms. The average Bonchev–Trinajstić information content (AvgIpc) is 3.00. The lowest BCUT2D eigenvalue weighted by Gasteiger charge is -2.06. The van der Waals surface area contributed by atoms with Crippen molar-refractivity contribution in [2.24, 2.45) is 5.92 Å². The molecule has 1 fully saturated rings. The monoisotopic (exact) mass is 324 g/mol. The van der Waals surface area contributed by atoms with Gasteiger partial charge >= 0.3 is 0 Å². The van der Waals surface area contributed by atoms with Gasteiger partial charge in [-0.05, 0) is 30.5 Å². The molecule has 3 rings (SSSR count). The van der Waals surface area contributed by atoms with Crippen LogP contribution in [-0.2, 0) is 21.1 Å². The van der Waals surface area contributed by atoms with E-state index in [4.69, 9.17) is 0 Å². The number of fused-ring (bicyclic) bond motifs is 1. The first-order chi connectivity index (χ1) is 9.97. The lowest BCUT2D eigenvalue weighted by molar-refractivity contribution is -0.119. The second-order valence-electron chi connectivity index (χ2n) is 5.26. The Labute approximate surface area is 127 Å². The first kappa shape index (κ1) is 14.5. The number of sulfone groups is 1. The molecule has 0 saturated carbocycles. The van der Waals surface area contributed by atoms with Crippen molar-refractivity contribution in [3.63, 3.8) is 0 Å². The molecule has 7 heteroatoms. The van der Waals surface area contributed by atoms with E-state index in [0.717, 1.165) is 16.6 Å². The molecular formula is C14H16N2O3S2. The fourth-order valence-electron chi connectivity index (χ4n) is 2.45. The lowest BCUT2D eigenvalue weighted by Crippen LogP contribution is -2.23. The van der Waals surface area contributed by atoms with Crippen molar-refractivity contribution in [3.8, 4) is 0 Å². The number of thiazole rings is 1. The lowest BCUT2D eigenvalue weighted by atomic mass is 10.1. The maximum absolute atomic E-state index is 12.1. The molecule has 0 spiro atoms. The normalized spacial score (nSPS) is 20.7. The number of carbonyl (C=O) groups is 1. The first-order valence-electron chi connectivity index (χ1n) is 6.87. The maximum atomic E-state index is 12.1. The van der Waals surface area contributed by atoms with E-state index in [1.54, 1.807) is 0 Å². The van der Waals surface area contributed by atoms with Crippen molar-refractivity contribution in [1.82, 2.24) is 4.98 Å². The Morgan fingerprint density at radius 3 is 2.95 bits per heavy atom. The van der Waals surface area contributed by atoms with Crippen LogP contribution in [0, 0.1) is 5.92 Å². The molecule has 112 valence electrons.